The van der Waals surface area contributed by atoms with Crippen molar-refractivity contribution in [3.63, 3.8) is 0 Å². The van der Waals surface area contributed by atoms with Gasteiger partial charge in [-0.2, -0.15) is 0 Å². The molecule has 3 rings (SSSR count). The number of thioether (sulfide) groups is 1. The molecule has 1 atom stereocenters. The van der Waals surface area contributed by atoms with Gasteiger partial charge in [0.1, 0.15) is 0 Å². The van der Waals surface area contributed by atoms with Gasteiger partial charge >= 0.3 is 0 Å². The Morgan fingerprint density at radius 3 is 2.64 bits per heavy atom. The molecule has 22 heavy (non-hydrogen) atoms. The zero-order chi connectivity index (χ0) is 14.8. The Hall–Kier alpha value is -0.720. The predicted octanol–water partition coefficient (Wildman–Crippen LogP) is 5.27. The number of aliphatic hydroxyl groups excluding tert-OH is 1. The Balaban J connectivity index is 0.00000176. The molecule has 1 unspecified atom stereocenters. The lowest BCUT2D eigenvalue weighted by molar-refractivity contribution is 0.204. The van der Waals surface area contributed by atoms with E-state index in [0.29, 0.717) is 15.8 Å². The minimum atomic E-state index is -0.627. The van der Waals surface area contributed by atoms with E-state index >= 15 is 0 Å². The summed E-state index contributed by atoms with van der Waals surface area (Å²) in [5, 5.41) is 11.9. The Morgan fingerprint density at radius 1 is 1.14 bits per heavy atom. The first-order valence-corrected chi connectivity index (χ1v) is 8.08. The van der Waals surface area contributed by atoms with Crippen LogP contribution in [0.25, 0.3) is 11.0 Å². The predicted molar refractivity (Wildman–Crippen MR) is 98.6 cm³/mol. The molecule has 0 aliphatic carbocycles. The molecule has 0 bridgehead atoms. The van der Waals surface area contributed by atoms with Gasteiger partial charge in [0, 0.05) is 5.75 Å². The lowest BCUT2D eigenvalue weighted by Crippen LogP contribution is -2.00. The molecule has 2 aromatic carbocycles. The molecule has 0 aliphatic heterocycles. The average Bonchev–Trinajstić information content (AvgIpc) is 2.90. The third kappa shape index (κ3) is 3.97. The zero-order valence-corrected chi connectivity index (χ0v) is 15.3. The van der Waals surface area contributed by atoms with Gasteiger partial charge in [0.05, 0.1) is 27.2 Å². The van der Waals surface area contributed by atoms with E-state index in [1.54, 1.807) is 18.2 Å². The number of aromatic nitrogens is 2. The lowest BCUT2D eigenvalue weighted by Gasteiger charge is -2.10. The molecule has 3 nitrogen and oxygen atoms in total. The third-order valence-corrected chi connectivity index (χ3v) is 4.76. The van der Waals surface area contributed by atoms with Gasteiger partial charge in [-0.25, -0.2) is 4.98 Å². The number of nitrogens with one attached hydrogen (secondary N) is 1. The van der Waals surface area contributed by atoms with Crippen LogP contribution in [0.5, 0.6) is 0 Å². The highest BCUT2D eigenvalue weighted by Gasteiger charge is 2.11. The summed E-state index contributed by atoms with van der Waals surface area (Å²) in [6.07, 6.45) is -0.627. The van der Waals surface area contributed by atoms with Crippen LogP contribution in [-0.4, -0.2) is 20.8 Å². The van der Waals surface area contributed by atoms with Crippen molar-refractivity contribution in [1.82, 2.24) is 9.97 Å². The normalized spacial score (nSPS) is 12.1. The van der Waals surface area contributed by atoms with Crippen molar-refractivity contribution in [3.05, 3.63) is 58.1 Å². The van der Waals surface area contributed by atoms with E-state index in [1.807, 2.05) is 24.3 Å². The summed E-state index contributed by atoms with van der Waals surface area (Å²) in [6.45, 7) is 0. The molecule has 3 aromatic rings. The molecule has 0 aliphatic rings. The van der Waals surface area contributed by atoms with E-state index < -0.39 is 6.10 Å². The van der Waals surface area contributed by atoms with Gasteiger partial charge in [0.2, 0.25) is 0 Å². The number of imidazole rings is 1. The lowest BCUT2D eigenvalue weighted by atomic mass is 10.1. The van der Waals surface area contributed by atoms with Crippen molar-refractivity contribution >= 4 is 63.0 Å². The van der Waals surface area contributed by atoms with E-state index in [9.17, 15) is 5.11 Å². The fourth-order valence-corrected chi connectivity index (χ4v) is 3.13. The molecule has 0 fully saturated rings. The van der Waals surface area contributed by atoms with Gasteiger partial charge in [-0.05, 0) is 29.8 Å². The topological polar surface area (TPSA) is 48.9 Å². The van der Waals surface area contributed by atoms with E-state index in [1.165, 1.54) is 11.8 Å². The van der Waals surface area contributed by atoms with Crippen LogP contribution in [0, 0.1) is 0 Å². The number of hydrogen-bond donors (Lipinski definition) is 2. The minimum absolute atomic E-state index is 0. The first kappa shape index (κ1) is 17.6. The summed E-state index contributed by atoms with van der Waals surface area (Å²) in [4.78, 5) is 7.68. The van der Waals surface area contributed by atoms with Crippen molar-refractivity contribution in [3.8, 4) is 0 Å². The van der Waals surface area contributed by atoms with Crippen LogP contribution in [0.1, 0.15) is 11.7 Å². The molecule has 0 saturated heterocycles. The number of nitrogens with zero attached hydrogens (tertiary/aromatic N) is 1. The molecule has 1 heterocycles. The van der Waals surface area contributed by atoms with Crippen molar-refractivity contribution in [2.24, 2.45) is 0 Å². The third-order valence-electron chi connectivity index (χ3n) is 3.07. The number of benzene rings is 2. The zero-order valence-electron chi connectivity index (χ0n) is 11.3. The maximum Gasteiger partial charge on any atom is 0.166 e. The molecular weight excluding hydrogens is 407 g/mol. The van der Waals surface area contributed by atoms with Crippen LogP contribution in [0.2, 0.25) is 10.0 Å². The summed E-state index contributed by atoms with van der Waals surface area (Å²) < 4.78 is 0. The number of para-hydroxylation sites is 2. The smallest absolute Gasteiger partial charge is 0.166 e. The van der Waals surface area contributed by atoms with Crippen molar-refractivity contribution < 1.29 is 5.11 Å². The van der Waals surface area contributed by atoms with Crippen molar-refractivity contribution in [2.45, 2.75) is 11.3 Å². The maximum atomic E-state index is 10.2. The summed E-state index contributed by atoms with van der Waals surface area (Å²) in [7, 11) is 0. The average molecular weight is 420 g/mol. The van der Waals surface area contributed by atoms with Crippen LogP contribution in [-0.2, 0) is 0 Å². The number of halogens is 3. The number of aliphatic hydroxyl groups is 1. The van der Waals surface area contributed by atoms with Crippen LogP contribution in [0.3, 0.4) is 0 Å². The fourth-order valence-electron chi connectivity index (χ4n) is 1.97. The van der Waals surface area contributed by atoms with Gasteiger partial charge in [-0.15, -0.1) is 17.0 Å². The van der Waals surface area contributed by atoms with E-state index in [0.717, 1.165) is 21.8 Å². The quantitative estimate of drug-likeness (QED) is 0.566. The molecule has 0 spiro atoms. The van der Waals surface area contributed by atoms with E-state index in [-0.39, 0.29) is 17.0 Å². The SMILES string of the molecule is Br.OC(CSc1nc2ccccc2[nH]1)c1ccc(Cl)c(Cl)c1. The summed E-state index contributed by atoms with van der Waals surface area (Å²) in [6, 6.07) is 13.0. The van der Waals surface area contributed by atoms with E-state index in [2.05, 4.69) is 9.97 Å². The van der Waals surface area contributed by atoms with Gasteiger partial charge in [-0.1, -0.05) is 53.2 Å². The molecule has 116 valence electrons. The summed E-state index contributed by atoms with van der Waals surface area (Å²) >= 11 is 13.3. The highest BCUT2D eigenvalue weighted by Crippen LogP contribution is 2.29. The van der Waals surface area contributed by atoms with Gasteiger partial charge in [-0.3, -0.25) is 0 Å². The van der Waals surface area contributed by atoms with E-state index in [4.69, 9.17) is 23.2 Å². The Bertz CT molecular complexity index is 748. The second-order valence-corrected chi connectivity index (χ2v) is 6.38. The Morgan fingerprint density at radius 2 is 1.91 bits per heavy atom. The van der Waals surface area contributed by atoms with Crippen LogP contribution >= 0.6 is 51.9 Å². The van der Waals surface area contributed by atoms with Gasteiger partial charge in [0.15, 0.2) is 5.16 Å². The fraction of sp³-hybridized carbons (Fsp3) is 0.133. The Kier molecular flexibility index (Phi) is 6.17. The standard InChI is InChI=1S/C15H12Cl2N2OS.BrH/c16-10-6-5-9(7-11(10)17)14(20)8-21-15-18-12-3-1-2-4-13(12)19-15;/h1-7,14,20H,8H2,(H,18,19);1H. The first-order chi connectivity index (χ1) is 10.1. The summed E-state index contributed by atoms with van der Waals surface area (Å²) in [5.41, 5.74) is 2.65. The number of aromatic amines is 1. The van der Waals surface area contributed by atoms with Gasteiger partial charge in [0.25, 0.3) is 0 Å². The van der Waals surface area contributed by atoms with Gasteiger partial charge < -0.3 is 10.1 Å². The highest BCUT2D eigenvalue weighted by atomic mass is 79.9. The number of H-pyrrole nitrogens is 1. The number of rotatable bonds is 4. The van der Waals surface area contributed by atoms with Crippen molar-refractivity contribution in [1.29, 1.82) is 0 Å². The molecule has 1 aromatic heterocycles. The molecule has 7 heteroatoms. The number of fused-ring (bicyclic) bond motifs is 1. The second-order valence-electron chi connectivity index (χ2n) is 4.56. The largest absolute Gasteiger partial charge is 0.388 e. The number of hydrogen-bond acceptors (Lipinski definition) is 3. The minimum Gasteiger partial charge on any atom is -0.388 e. The molecular formula is C15H13BrCl2N2OS. The van der Waals surface area contributed by atoms with Crippen LogP contribution < -0.4 is 0 Å². The summed E-state index contributed by atoms with van der Waals surface area (Å²) in [5.74, 6) is 0.484. The molecule has 0 amide bonds. The molecule has 2 N–H and O–H groups in total. The Labute approximate surface area is 152 Å². The van der Waals surface area contributed by atoms with Crippen LogP contribution in [0.4, 0.5) is 0 Å². The van der Waals surface area contributed by atoms with Crippen molar-refractivity contribution in [2.75, 3.05) is 5.75 Å². The highest BCUT2D eigenvalue weighted by molar-refractivity contribution is 8.93. The molecule has 0 radical (unpaired) electrons. The van der Waals surface area contributed by atoms with Crippen LogP contribution in [0.15, 0.2) is 47.6 Å². The maximum absolute atomic E-state index is 10.2. The monoisotopic (exact) mass is 418 g/mol. The second kappa shape index (κ2) is 7.70. The molecule has 0 saturated carbocycles. The first-order valence-electron chi connectivity index (χ1n) is 6.34.